The number of halogens is 3. The molecule has 0 radical (unpaired) electrons. The Hall–Kier alpha value is -3.11. The van der Waals surface area contributed by atoms with Crippen LogP contribution in [-0.4, -0.2) is 54.5 Å². The number of benzene rings is 3. The van der Waals surface area contributed by atoms with E-state index in [-0.39, 0.29) is 39.4 Å². The third kappa shape index (κ3) is 5.19. The second-order valence-corrected chi connectivity index (χ2v) is 13.2. The first kappa shape index (κ1) is 28.4. The lowest BCUT2D eigenvalue weighted by Crippen LogP contribution is -2.45. The molecule has 12 heteroatoms. The lowest BCUT2D eigenvalue weighted by Gasteiger charge is -2.30. The van der Waals surface area contributed by atoms with Crippen molar-refractivity contribution in [2.45, 2.75) is 35.7 Å². The number of hydrogen-bond donors (Lipinski definition) is 2. The van der Waals surface area contributed by atoms with Crippen LogP contribution in [0.1, 0.15) is 49.7 Å². The number of carboxylic acids is 1. The zero-order chi connectivity index (χ0) is 29.0. The van der Waals surface area contributed by atoms with Crippen molar-refractivity contribution in [3.63, 3.8) is 0 Å². The smallest absolute Gasteiger partial charge is 0.330 e. The Morgan fingerprint density at radius 3 is 2.40 bits per heavy atom. The predicted octanol–water partition coefficient (Wildman–Crippen LogP) is 4.99. The summed E-state index contributed by atoms with van der Waals surface area (Å²) in [6, 6.07) is 14.2. The fourth-order valence-electron chi connectivity index (χ4n) is 5.13. The minimum Gasteiger partial charge on any atom is -0.479 e. The van der Waals surface area contributed by atoms with E-state index < -0.39 is 33.2 Å². The maximum Gasteiger partial charge on any atom is 0.330 e. The van der Waals surface area contributed by atoms with Crippen LogP contribution in [0, 0.1) is 0 Å². The molecule has 2 amide bonds. The summed E-state index contributed by atoms with van der Waals surface area (Å²) < 4.78 is 24.0. The number of carboxylic acid groups (broad SMARTS) is 1. The summed E-state index contributed by atoms with van der Waals surface area (Å²) in [6.45, 7) is 0.588. The van der Waals surface area contributed by atoms with Gasteiger partial charge in [0, 0.05) is 35.8 Å². The van der Waals surface area contributed by atoms with Crippen molar-refractivity contribution >= 4 is 62.4 Å². The molecule has 1 heterocycles. The molecule has 40 heavy (non-hydrogen) atoms. The molecule has 2 unspecified atom stereocenters. The fraction of sp³-hybridized carbons (Fsp3) is 0.250. The first-order chi connectivity index (χ1) is 18.8. The average molecular weight is 622 g/mol. The van der Waals surface area contributed by atoms with E-state index in [2.05, 4.69) is 5.32 Å². The largest absolute Gasteiger partial charge is 0.479 e. The molecule has 0 spiro atoms. The first-order valence-corrected chi connectivity index (χ1v) is 15.2. The van der Waals surface area contributed by atoms with Crippen molar-refractivity contribution in [2.24, 2.45) is 0 Å². The van der Waals surface area contributed by atoms with Crippen LogP contribution in [0.5, 0.6) is 0 Å². The summed E-state index contributed by atoms with van der Waals surface area (Å²) in [7, 11) is -3.50. The molecule has 3 aromatic carbocycles. The highest BCUT2D eigenvalue weighted by Crippen LogP contribution is 2.52. The van der Waals surface area contributed by atoms with Gasteiger partial charge in [0.05, 0.1) is 20.5 Å². The van der Waals surface area contributed by atoms with Crippen molar-refractivity contribution in [2.75, 3.05) is 12.8 Å². The summed E-state index contributed by atoms with van der Waals surface area (Å²) in [5, 5.41) is 13.3. The van der Waals surface area contributed by atoms with E-state index in [0.717, 1.165) is 6.26 Å². The number of nitrogens with zero attached hydrogens (tertiary/aromatic N) is 1. The summed E-state index contributed by atoms with van der Waals surface area (Å²) in [5.41, 5.74) is 0.636. The summed E-state index contributed by atoms with van der Waals surface area (Å²) in [4.78, 5) is 40.4. The molecule has 8 nitrogen and oxygen atoms in total. The van der Waals surface area contributed by atoms with Crippen LogP contribution in [0.3, 0.4) is 0 Å². The van der Waals surface area contributed by atoms with Crippen LogP contribution in [0.15, 0.2) is 59.5 Å². The van der Waals surface area contributed by atoms with Gasteiger partial charge in [-0.05, 0) is 72.0 Å². The molecule has 1 saturated carbocycles. The third-order valence-electron chi connectivity index (χ3n) is 7.38. The van der Waals surface area contributed by atoms with E-state index in [9.17, 15) is 27.9 Å². The van der Waals surface area contributed by atoms with Crippen molar-refractivity contribution in [3.8, 4) is 0 Å². The number of aliphatic carboxylic acids is 1. The monoisotopic (exact) mass is 620 g/mol. The Kier molecular flexibility index (Phi) is 7.37. The van der Waals surface area contributed by atoms with E-state index >= 15 is 0 Å². The molecule has 208 valence electrons. The SMILES string of the molecule is CS(=O)(=O)c1cccc(C2CC2(NC(=O)c2c(Cl)cc3c(c2Cl)CCN(C(=O)c2ccc(Cl)cc2)C3)C(=O)O)c1. The minimum atomic E-state index is -3.50. The van der Waals surface area contributed by atoms with E-state index in [1.807, 2.05) is 0 Å². The highest BCUT2D eigenvalue weighted by atomic mass is 35.5. The highest BCUT2D eigenvalue weighted by Gasteiger charge is 2.62. The number of sulfone groups is 1. The highest BCUT2D eigenvalue weighted by molar-refractivity contribution is 7.90. The Morgan fingerprint density at radius 1 is 1.05 bits per heavy atom. The Bertz CT molecular complexity index is 1680. The molecule has 0 aromatic heterocycles. The first-order valence-electron chi connectivity index (χ1n) is 12.2. The molecule has 1 aliphatic heterocycles. The molecule has 5 rings (SSSR count). The molecular weight excluding hydrogens is 599 g/mol. The maximum absolute atomic E-state index is 13.4. The summed E-state index contributed by atoms with van der Waals surface area (Å²) in [5.74, 6) is -2.82. The molecule has 1 fully saturated rings. The Balaban J connectivity index is 1.38. The number of rotatable bonds is 6. The predicted molar refractivity (Wildman–Crippen MR) is 151 cm³/mol. The van der Waals surface area contributed by atoms with Gasteiger partial charge in [0.15, 0.2) is 9.84 Å². The van der Waals surface area contributed by atoms with Crippen LogP contribution in [0.4, 0.5) is 0 Å². The van der Waals surface area contributed by atoms with Gasteiger partial charge in [0.1, 0.15) is 5.54 Å². The maximum atomic E-state index is 13.4. The average Bonchev–Trinajstić information content (AvgIpc) is 3.63. The number of carbonyl (C=O) groups is 3. The summed E-state index contributed by atoms with van der Waals surface area (Å²) in [6.07, 6.45) is 1.51. The topological polar surface area (TPSA) is 121 Å². The van der Waals surface area contributed by atoms with Gasteiger partial charge in [-0.15, -0.1) is 0 Å². The van der Waals surface area contributed by atoms with E-state index in [1.165, 1.54) is 18.2 Å². The Morgan fingerprint density at radius 2 is 1.75 bits per heavy atom. The number of fused-ring (bicyclic) bond motifs is 1. The normalized spacial score (nSPS) is 20.0. The van der Waals surface area contributed by atoms with Crippen molar-refractivity contribution < 1.29 is 27.9 Å². The Labute approximate surface area is 245 Å². The molecule has 2 atom stereocenters. The molecule has 0 bridgehead atoms. The van der Waals surface area contributed by atoms with E-state index in [0.29, 0.717) is 40.2 Å². The van der Waals surface area contributed by atoms with Crippen LogP contribution in [-0.2, 0) is 27.6 Å². The van der Waals surface area contributed by atoms with Crippen molar-refractivity contribution in [1.82, 2.24) is 10.2 Å². The molecule has 0 saturated heterocycles. The fourth-order valence-corrected chi connectivity index (χ4v) is 6.69. The number of amides is 2. The van der Waals surface area contributed by atoms with Gasteiger partial charge in [0.2, 0.25) is 0 Å². The van der Waals surface area contributed by atoms with Gasteiger partial charge in [-0.2, -0.15) is 0 Å². The van der Waals surface area contributed by atoms with Crippen molar-refractivity contribution in [3.05, 3.63) is 97.5 Å². The quantitative estimate of drug-likeness (QED) is 0.400. The lowest BCUT2D eigenvalue weighted by molar-refractivity contribution is -0.140. The molecule has 3 aromatic rings. The number of nitrogens with one attached hydrogen (secondary N) is 1. The van der Waals surface area contributed by atoms with Crippen LogP contribution in [0.2, 0.25) is 15.1 Å². The van der Waals surface area contributed by atoms with Crippen LogP contribution in [0.25, 0.3) is 0 Å². The second kappa shape index (κ2) is 10.4. The lowest BCUT2D eigenvalue weighted by atomic mass is 9.95. The van der Waals surface area contributed by atoms with Gasteiger partial charge in [-0.25, -0.2) is 13.2 Å². The van der Waals surface area contributed by atoms with E-state index in [4.69, 9.17) is 34.8 Å². The second-order valence-electron chi connectivity index (χ2n) is 10.0. The van der Waals surface area contributed by atoms with Gasteiger partial charge >= 0.3 is 5.97 Å². The third-order valence-corrected chi connectivity index (χ3v) is 9.46. The van der Waals surface area contributed by atoms with Crippen LogP contribution < -0.4 is 5.32 Å². The van der Waals surface area contributed by atoms with Crippen molar-refractivity contribution in [1.29, 1.82) is 0 Å². The van der Waals surface area contributed by atoms with Gasteiger partial charge in [-0.1, -0.05) is 46.9 Å². The molecule has 1 aliphatic carbocycles. The molecule has 2 N–H and O–H groups in total. The minimum absolute atomic E-state index is 0.0267. The standard InChI is InChI=1S/C28H23Cl3N2O6S/c1-40(38,39)19-4-2-3-16(11-19)21-13-28(21,27(36)37)32-25(34)23-22(30)12-17-14-33(10-9-20(17)24(23)31)26(35)15-5-7-18(29)8-6-15/h2-8,11-12,21H,9-10,13-14H2,1H3,(H,32,34)(H,36,37). The van der Waals surface area contributed by atoms with Gasteiger partial charge < -0.3 is 15.3 Å². The summed E-state index contributed by atoms with van der Waals surface area (Å²) >= 11 is 19.1. The van der Waals surface area contributed by atoms with Gasteiger partial charge in [0.25, 0.3) is 11.8 Å². The molecular formula is C28H23Cl3N2O6S. The zero-order valence-electron chi connectivity index (χ0n) is 21.1. The number of hydrogen-bond acceptors (Lipinski definition) is 5. The zero-order valence-corrected chi connectivity index (χ0v) is 24.2. The van der Waals surface area contributed by atoms with E-state index in [1.54, 1.807) is 41.3 Å². The molecule has 2 aliphatic rings. The van der Waals surface area contributed by atoms with Crippen LogP contribution >= 0.6 is 34.8 Å². The van der Waals surface area contributed by atoms with Gasteiger partial charge in [-0.3, -0.25) is 9.59 Å². The number of carbonyl (C=O) groups excluding carboxylic acids is 2.